The fourth-order valence-corrected chi connectivity index (χ4v) is 5.15. The lowest BCUT2D eigenvalue weighted by atomic mass is 9.65. The fraction of sp³-hybridized carbons (Fsp3) is 0.652. The van der Waals surface area contributed by atoms with E-state index in [0.29, 0.717) is 5.56 Å². The first kappa shape index (κ1) is 19.9. The first-order valence-electron chi connectivity index (χ1n) is 9.96. The molecule has 148 valence electrons. The molecule has 1 aliphatic heterocycles. The molecule has 0 radical (unpaired) electrons. The van der Waals surface area contributed by atoms with Crippen LogP contribution in [-0.4, -0.2) is 36.0 Å². The molecule has 1 aromatic rings. The Hall–Kier alpha value is -1.84. The lowest BCUT2D eigenvalue weighted by molar-refractivity contribution is -0.135. The van der Waals surface area contributed by atoms with Crippen molar-refractivity contribution in [2.24, 2.45) is 10.8 Å². The van der Waals surface area contributed by atoms with Crippen molar-refractivity contribution < 1.29 is 14.3 Å². The molecule has 0 unspecified atom stereocenters. The van der Waals surface area contributed by atoms with Crippen molar-refractivity contribution in [2.75, 3.05) is 13.2 Å². The maximum atomic E-state index is 12.7. The lowest BCUT2D eigenvalue weighted by Crippen LogP contribution is -2.39. The summed E-state index contributed by atoms with van der Waals surface area (Å²) in [5, 5.41) is 0. The quantitative estimate of drug-likeness (QED) is 0.731. The molecule has 4 nitrogen and oxygen atoms in total. The van der Waals surface area contributed by atoms with Crippen molar-refractivity contribution in [3.05, 3.63) is 35.4 Å². The van der Waals surface area contributed by atoms with Gasteiger partial charge in [0.05, 0.1) is 5.56 Å². The molecule has 1 heterocycles. The number of hydrogen-bond acceptors (Lipinski definition) is 3. The topological polar surface area (TPSA) is 46.6 Å². The Morgan fingerprint density at radius 1 is 1.11 bits per heavy atom. The lowest BCUT2D eigenvalue weighted by Gasteiger charge is -2.39. The molecule has 1 saturated carbocycles. The van der Waals surface area contributed by atoms with Gasteiger partial charge in [-0.3, -0.25) is 4.79 Å². The molecule has 1 aromatic carbocycles. The molecule has 0 spiro atoms. The average Bonchev–Trinajstić information content (AvgIpc) is 2.80. The van der Waals surface area contributed by atoms with Gasteiger partial charge in [-0.15, -0.1) is 0 Å². The molecule has 3 rings (SSSR count). The predicted molar refractivity (Wildman–Crippen MR) is 107 cm³/mol. The van der Waals surface area contributed by atoms with Crippen molar-refractivity contribution in [1.29, 1.82) is 0 Å². The number of nitrogens with zero attached hydrogens (tertiary/aromatic N) is 1. The van der Waals surface area contributed by atoms with Crippen LogP contribution in [0, 0.1) is 10.8 Å². The Labute approximate surface area is 163 Å². The van der Waals surface area contributed by atoms with E-state index in [4.69, 9.17) is 4.74 Å². The zero-order chi connectivity index (χ0) is 20.0. The van der Waals surface area contributed by atoms with Crippen LogP contribution in [0.25, 0.3) is 0 Å². The normalized spacial score (nSPS) is 26.7. The minimum atomic E-state index is -0.433. The maximum absolute atomic E-state index is 12.7. The Balaban J connectivity index is 1.59. The second kappa shape index (κ2) is 6.65. The highest BCUT2D eigenvalue weighted by atomic mass is 16.5. The highest BCUT2D eigenvalue weighted by Gasteiger charge is 2.50. The monoisotopic (exact) mass is 371 g/mol. The molecule has 2 atom stereocenters. The van der Waals surface area contributed by atoms with Gasteiger partial charge in [-0.05, 0) is 53.2 Å². The number of benzene rings is 1. The molecule has 2 aliphatic rings. The number of carbonyl (C=O) groups is 2. The van der Waals surface area contributed by atoms with Crippen molar-refractivity contribution in [1.82, 2.24) is 4.90 Å². The standard InChI is InChI=1S/C23H33NO3/c1-21(2,3)17-9-7-16(8-10-17)20(26)27-13-19(25)24-15-23(6)12-18(24)11-22(4,5)14-23/h7-10,18H,11-15H2,1-6H3/t18-,23+/m1/s1. The van der Waals surface area contributed by atoms with Gasteiger partial charge in [0, 0.05) is 12.6 Å². The Bertz CT molecular complexity index is 729. The number of amides is 1. The summed E-state index contributed by atoms with van der Waals surface area (Å²) in [4.78, 5) is 27.0. The molecule has 27 heavy (non-hydrogen) atoms. The number of likely N-dealkylation sites (tertiary alicyclic amines) is 1. The van der Waals surface area contributed by atoms with Gasteiger partial charge in [0.1, 0.15) is 0 Å². The van der Waals surface area contributed by atoms with Gasteiger partial charge in [-0.25, -0.2) is 4.79 Å². The zero-order valence-electron chi connectivity index (χ0n) is 17.6. The zero-order valence-corrected chi connectivity index (χ0v) is 17.6. The summed E-state index contributed by atoms with van der Waals surface area (Å²) >= 11 is 0. The van der Waals surface area contributed by atoms with Crippen LogP contribution < -0.4 is 0 Å². The summed E-state index contributed by atoms with van der Waals surface area (Å²) in [6.07, 6.45) is 3.22. The van der Waals surface area contributed by atoms with Gasteiger partial charge >= 0.3 is 5.97 Å². The number of fused-ring (bicyclic) bond motifs is 2. The van der Waals surface area contributed by atoms with Crippen molar-refractivity contribution in [3.63, 3.8) is 0 Å². The van der Waals surface area contributed by atoms with E-state index < -0.39 is 5.97 Å². The van der Waals surface area contributed by atoms with E-state index in [2.05, 4.69) is 41.5 Å². The molecule has 1 saturated heterocycles. The Morgan fingerprint density at radius 2 is 1.74 bits per heavy atom. The van der Waals surface area contributed by atoms with E-state index in [1.165, 1.54) is 0 Å². The second-order valence-electron chi connectivity index (χ2n) is 10.6. The largest absolute Gasteiger partial charge is 0.452 e. The van der Waals surface area contributed by atoms with Crippen LogP contribution in [0.15, 0.2) is 24.3 Å². The number of rotatable bonds is 3. The first-order chi connectivity index (χ1) is 12.4. The van der Waals surface area contributed by atoms with Gasteiger partial charge in [-0.2, -0.15) is 0 Å². The maximum Gasteiger partial charge on any atom is 0.338 e. The van der Waals surface area contributed by atoms with Crippen molar-refractivity contribution >= 4 is 11.9 Å². The Kier molecular flexibility index (Phi) is 4.90. The van der Waals surface area contributed by atoms with Crippen LogP contribution in [0.5, 0.6) is 0 Å². The molecule has 2 fully saturated rings. The summed E-state index contributed by atoms with van der Waals surface area (Å²) in [6.45, 7) is 13.8. The van der Waals surface area contributed by atoms with Gasteiger partial charge in [0.25, 0.3) is 5.91 Å². The first-order valence-corrected chi connectivity index (χ1v) is 9.96. The van der Waals surface area contributed by atoms with E-state index in [1.807, 2.05) is 17.0 Å². The molecule has 4 heteroatoms. The minimum Gasteiger partial charge on any atom is -0.452 e. The van der Waals surface area contributed by atoms with E-state index in [1.54, 1.807) is 12.1 Å². The number of esters is 1. The molecule has 0 aromatic heterocycles. The molecule has 0 N–H and O–H groups in total. The van der Waals surface area contributed by atoms with Crippen LogP contribution in [-0.2, 0) is 14.9 Å². The van der Waals surface area contributed by atoms with Gasteiger partial charge in [0.2, 0.25) is 0 Å². The van der Waals surface area contributed by atoms with Gasteiger partial charge < -0.3 is 9.64 Å². The number of ether oxygens (including phenoxy) is 1. The minimum absolute atomic E-state index is 0.0376. The van der Waals surface area contributed by atoms with Crippen molar-refractivity contribution in [2.45, 2.75) is 72.3 Å². The van der Waals surface area contributed by atoms with E-state index in [0.717, 1.165) is 31.4 Å². The predicted octanol–water partition coefficient (Wildman–Crippen LogP) is 4.57. The summed E-state index contributed by atoms with van der Waals surface area (Å²) in [5.41, 5.74) is 2.14. The van der Waals surface area contributed by atoms with E-state index >= 15 is 0 Å². The number of carbonyl (C=O) groups excluding carboxylic acids is 2. The van der Waals surface area contributed by atoms with Crippen LogP contribution in [0.4, 0.5) is 0 Å². The Morgan fingerprint density at radius 3 is 2.33 bits per heavy atom. The summed E-state index contributed by atoms with van der Waals surface area (Å²) < 4.78 is 5.33. The smallest absolute Gasteiger partial charge is 0.338 e. The van der Waals surface area contributed by atoms with E-state index in [9.17, 15) is 9.59 Å². The number of hydrogen-bond donors (Lipinski definition) is 0. The molecule has 1 amide bonds. The third kappa shape index (κ3) is 4.36. The second-order valence-corrected chi connectivity index (χ2v) is 10.6. The molecule has 2 bridgehead atoms. The third-order valence-corrected chi connectivity index (χ3v) is 6.05. The molecular formula is C23H33NO3. The van der Waals surface area contributed by atoms with E-state index in [-0.39, 0.29) is 34.8 Å². The fourth-order valence-electron chi connectivity index (χ4n) is 5.15. The summed E-state index contributed by atoms with van der Waals surface area (Å²) in [5.74, 6) is -0.501. The van der Waals surface area contributed by atoms with Crippen LogP contribution in [0.3, 0.4) is 0 Å². The molecule has 1 aliphatic carbocycles. The van der Waals surface area contributed by atoms with Crippen LogP contribution in [0.1, 0.15) is 76.7 Å². The SMILES string of the molecule is CC1(C)C[C@@H]2C[C@](C)(CN2C(=O)COC(=O)c2ccc(C(C)(C)C)cc2)C1. The van der Waals surface area contributed by atoms with Crippen LogP contribution in [0.2, 0.25) is 0 Å². The average molecular weight is 372 g/mol. The third-order valence-electron chi connectivity index (χ3n) is 6.05. The van der Waals surface area contributed by atoms with Crippen molar-refractivity contribution in [3.8, 4) is 0 Å². The van der Waals surface area contributed by atoms with Gasteiger partial charge in [0.15, 0.2) is 6.61 Å². The van der Waals surface area contributed by atoms with Crippen LogP contribution >= 0.6 is 0 Å². The molecular weight excluding hydrogens is 338 g/mol. The van der Waals surface area contributed by atoms with Gasteiger partial charge in [-0.1, -0.05) is 53.7 Å². The summed E-state index contributed by atoms with van der Waals surface area (Å²) in [7, 11) is 0. The summed E-state index contributed by atoms with van der Waals surface area (Å²) in [6, 6.07) is 7.73. The highest BCUT2D eigenvalue weighted by Crippen LogP contribution is 2.52. The highest BCUT2D eigenvalue weighted by molar-refractivity contribution is 5.91.